The van der Waals surface area contributed by atoms with Gasteiger partial charge in [0.25, 0.3) is 0 Å². The molecule has 1 aliphatic rings. The molecule has 2 N–H and O–H groups in total. The summed E-state index contributed by atoms with van der Waals surface area (Å²) in [6, 6.07) is 9.63. The highest BCUT2D eigenvalue weighted by Gasteiger charge is 2.16. The van der Waals surface area contributed by atoms with Gasteiger partial charge in [0.1, 0.15) is 0 Å². The standard InChI is InChI=1S/C17H28N2O2/c1-14(11-16-7-4-8-18-16)19-17-6-3-5-15(12-17)13-21-10-9-20-2/h3,5-6,12,14,16,18-19H,4,7-11,13H2,1-2H3. The van der Waals surface area contributed by atoms with Gasteiger partial charge in [-0.2, -0.15) is 0 Å². The summed E-state index contributed by atoms with van der Waals surface area (Å²) in [7, 11) is 1.69. The summed E-state index contributed by atoms with van der Waals surface area (Å²) >= 11 is 0. The number of methoxy groups -OCH3 is 1. The van der Waals surface area contributed by atoms with Crippen LogP contribution < -0.4 is 10.6 Å². The highest BCUT2D eigenvalue weighted by Crippen LogP contribution is 2.16. The van der Waals surface area contributed by atoms with Gasteiger partial charge in [-0.05, 0) is 50.4 Å². The van der Waals surface area contributed by atoms with Crippen molar-refractivity contribution in [1.29, 1.82) is 0 Å². The summed E-state index contributed by atoms with van der Waals surface area (Å²) in [4.78, 5) is 0. The van der Waals surface area contributed by atoms with E-state index in [1.54, 1.807) is 7.11 Å². The third-order valence-corrected chi connectivity index (χ3v) is 3.84. The average molecular weight is 292 g/mol. The number of rotatable bonds is 9. The lowest BCUT2D eigenvalue weighted by Gasteiger charge is -2.19. The van der Waals surface area contributed by atoms with Crippen LogP contribution in [0.1, 0.15) is 31.7 Å². The Labute approximate surface area is 128 Å². The molecule has 0 radical (unpaired) electrons. The second kappa shape index (κ2) is 9.03. The first kappa shape index (κ1) is 16.3. The molecule has 1 aromatic rings. The second-order valence-electron chi connectivity index (χ2n) is 5.82. The maximum atomic E-state index is 5.56. The molecule has 1 aromatic carbocycles. The molecule has 0 amide bonds. The molecule has 0 bridgehead atoms. The Kier molecular flexibility index (Phi) is 7.00. The first-order valence-electron chi connectivity index (χ1n) is 7.93. The molecule has 0 aliphatic carbocycles. The van der Waals surface area contributed by atoms with Crippen molar-refractivity contribution in [2.24, 2.45) is 0 Å². The topological polar surface area (TPSA) is 42.5 Å². The van der Waals surface area contributed by atoms with Crippen molar-refractivity contribution < 1.29 is 9.47 Å². The molecule has 118 valence electrons. The highest BCUT2D eigenvalue weighted by atomic mass is 16.5. The van der Waals surface area contributed by atoms with Crippen molar-refractivity contribution in [2.45, 2.75) is 44.9 Å². The lowest BCUT2D eigenvalue weighted by atomic mass is 10.1. The molecule has 4 heteroatoms. The van der Waals surface area contributed by atoms with E-state index in [1.807, 2.05) is 0 Å². The van der Waals surface area contributed by atoms with Crippen molar-refractivity contribution in [2.75, 3.05) is 32.2 Å². The van der Waals surface area contributed by atoms with Crippen LogP contribution in [-0.2, 0) is 16.1 Å². The molecule has 1 aliphatic heterocycles. The molecule has 0 aromatic heterocycles. The van der Waals surface area contributed by atoms with E-state index < -0.39 is 0 Å². The van der Waals surface area contributed by atoms with Gasteiger partial charge in [0, 0.05) is 24.9 Å². The van der Waals surface area contributed by atoms with Gasteiger partial charge in [0.15, 0.2) is 0 Å². The summed E-state index contributed by atoms with van der Waals surface area (Å²) in [6.45, 7) is 5.34. The van der Waals surface area contributed by atoms with Gasteiger partial charge in [0.05, 0.1) is 19.8 Å². The fourth-order valence-electron chi connectivity index (χ4n) is 2.81. The van der Waals surface area contributed by atoms with Crippen molar-refractivity contribution >= 4 is 5.69 Å². The van der Waals surface area contributed by atoms with E-state index >= 15 is 0 Å². The molecule has 1 fully saturated rings. The normalized spacial score (nSPS) is 19.6. The minimum absolute atomic E-state index is 0.477. The lowest BCUT2D eigenvalue weighted by molar-refractivity contribution is 0.0617. The van der Waals surface area contributed by atoms with Crippen LogP contribution in [0, 0.1) is 0 Å². The third kappa shape index (κ3) is 6.04. The molecule has 21 heavy (non-hydrogen) atoms. The van der Waals surface area contributed by atoms with E-state index in [2.05, 4.69) is 41.8 Å². The SMILES string of the molecule is COCCOCc1cccc(NC(C)CC2CCCN2)c1. The van der Waals surface area contributed by atoms with Crippen LogP contribution in [0.2, 0.25) is 0 Å². The molecule has 2 atom stereocenters. The van der Waals surface area contributed by atoms with Crippen LogP contribution in [0.5, 0.6) is 0 Å². The number of nitrogens with one attached hydrogen (secondary N) is 2. The molecule has 1 saturated heterocycles. The molecule has 0 saturated carbocycles. The van der Waals surface area contributed by atoms with Crippen LogP contribution in [0.25, 0.3) is 0 Å². The Morgan fingerprint density at radius 3 is 3.05 bits per heavy atom. The van der Waals surface area contributed by atoms with Gasteiger partial charge in [-0.3, -0.25) is 0 Å². The monoisotopic (exact) mass is 292 g/mol. The zero-order valence-corrected chi connectivity index (χ0v) is 13.2. The Morgan fingerprint density at radius 2 is 2.29 bits per heavy atom. The Bertz CT molecular complexity index is 406. The molecule has 2 rings (SSSR count). The summed E-state index contributed by atoms with van der Waals surface area (Å²) in [5, 5.41) is 7.14. The maximum absolute atomic E-state index is 5.56. The number of benzene rings is 1. The highest BCUT2D eigenvalue weighted by molar-refractivity contribution is 5.46. The minimum Gasteiger partial charge on any atom is -0.383 e. The van der Waals surface area contributed by atoms with Crippen LogP contribution in [-0.4, -0.2) is 39.0 Å². The molecular weight excluding hydrogens is 264 g/mol. The Hall–Kier alpha value is -1.10. The van der Waals surface area contributed by atoms with Gasteiger partial charge in [-0.25, -0.2) is 0 Å². The van der Waals surface area contributed by atoms with E-state index in [9.17, 15) is 0 Å². The van der Waals surface area contributed by atoms with Gasteiger partial charge in [-0.15, -0.1) is 0 Å². The van der Waals surface area contributed by atoms with Crippen LogP contribution in [0.3, 0.4) is 0 Å². The number of anilines is 1. The zero-order chi connectivity index (χ0) is 14.9. The van der Waals surface area contributed by atoms with Gasteiger partial charge in [0.2, 0.25) is 0 Å². The van der Waals surface area contributed by atoms with Crippen molar-refractivity contribution in [3.8, 4) is 0 Å². The van der Waals surface area contributed by atoms with E-state index in [0.29, 0.717) is 31.9 Å². The maximum Gasteiger partial charge on any atom is 0.0718 e. The zero-order valence-electron chi connectivity index (χ0n) is 13.2. The smallest absolute Gasteiger partial charge is 0.0718 e. The van der Waals surface area contributed by atoms with Crippen LogP contribution in [0.15, 0.2) is 24.3 Å². The third-order valence-electron chi connectivity index (χ3n) is 3.84. The lowest BCUT2D eigenvalue weighted by Crippen LogP contribution is -2.29. The molecule has 0 spiro atoms. The van der Waals surface area contributed by atoms with Gasteiger partial charge >= 0.3 is 0 Å². The first-order chi connectivity index (χ1) is 10.3. The summed E-state index contributed by atoms with van der Waals surface area (Å²) in [5.74, 6) is 0. The molecule has 2 unspecified atom stereocenters. The number of ether oxygens (including phenoxy) is 2. The fourth-order valence-corrected chi connectivity index (χ4v) is 2.81. The predicted octanol–water partition coefficient (Wildman–Crippen LogP) is 2.79. The summed E-state index contributed by atoms with van der Waals surface area (Å²) in [5.41, 5.74) is 2.37. The van der Waals surface area contributed by atoms with E-state index in [1.165, 1.54) is 37.1 Å². The van der Waals surface area contributed by atoms with Gasteiger partial charge < -0.3 is 20.1 Å². The quantitative estimate of drug-likeness (QED) is 0.687. The second-order valence-corrected chi connectivity index (χ2v) is 5.82. The Morgan fingerprint density at radius 1 is 1.38 bits per heavy atom. The van der Waals surface area contributed by atoms with Gasteiger partial charge in [-0.1, -0.05) is 12.1 Å². The molecular formula is C17H28N2O2. The van der Waals surface area contributed by atoms with Crippen molar-refractivity contribution in [3.05, 3.63) is 29.8 Å². The predicted molar refractivity (Wildman–Crippen MR) is 86.7 cm³/mol. The van der Waals surface area contributed by atoms with E-state index in [0.717, 1.165) is 0 Å². The van der Waals surface area contributed by atoms with E-state index in [4.69, 9.17) is 9.47 Å². The van der Waals surface area contributed by atoms with Crippen LogP contribution in [0.4, 0.5) is 5.69 Å². The van der Waals surface area contributed by atoms with Crippen molar-refractivity contribution in [1.82, 2.24) is 5.32 Å². The molecule has 4 nitrogen and oxygen atoms in total. The summed E-state index contributed by atoms with van der Waals surface area (Å²) in [6.07, 6.45) is 3.79. The summed E-state index contributed by atoms with van der Waals surface area (Å²) < 4.78 is 10.5. The largest absolute Gasteiger partial charge is 0.383 e. The number of hydrogen-bond donors (Lipinski definition) is 2. The first-order valence-corrected chi connectivity index (χ1v) is 7.93. The minimum atomic E-state index is 0.477. The average Bonchev–Trinajstić information content (AvgIpc) is 2.97. The van der Waals surface area contributed by atoms with E-state index in [-0.39, 0.29) is 0 Å². The fraction of sp³-hybridized carbons (Fsp3) is 0.647. The van der Waals surface area contributed by atoms with Crippen LogP contribution >= 0.6 is 0 Å². The Balaban J connectivity index is 1.76. The van der Waals surface area contributed by atoms with Crippen molar-refractivity contribution in [3.63, 3.8) is 0 Å². The molecule has 1 heterocycles. The number of hydrogen-bond acceptors (Lipinski definition) is 4.